The first-order chi connectivity index (χ1) is 16.4. The minimum absolute atomic E-state index is 0.116. The van der Waals surface area contributed by atoms with E-state index >= 15 is 0 Å². The van der Waals surface area contributed by atoms with E-state index < -0.39 is 21.7 Å². The van der Waals surface area contributed by atoms with Crippen molar-refractivity contribution in [2.45, 2.75) is 18.4 Å². The van der Waals surface area contributed by atoms with Gasteiger partial charge in [0, 0.05) is 52.0 Å². The Balaban J connectivity index is 1.39. The number of morpholine rings is 1. The summed E-state index contributed by atoms with van der Waals surface area (Å²) >= 11 is 0. The molecule has 0 atom stereocenters. The number of benzene rings is 1. The molecule has 2 aliphatic rings. The van der Waals surface area contributed by atoms with Gasteiger partial charge in [-0.05, 0) is 36.4 Å². The van der Waals surface area contributed by atoms with E-state index in [0.29, 0.717) is 13.2 Å². The van der Waals surface area contributed by atoms with E-state index in [1.54, 1.807) is 6.20 Å². The minimum atomic E-state index is -3.83. The number of hydrogen-bond donors (Lipinski definition) is 1. The number of anilines is 1. The van der Waals surface area contributed by atoms with Crippen LogP contribution in [0.15, 0.2) is 41.4 Å². The molecule has 184 valence electrons. The summed E-state index contributed by atoms with van der Waals surface area (Å²) in [5.41, 5.74) is 0.453. The number of hydrogen-bond acceptors (Lipinski definition) is 7. The number of nitrogens with zero attached hydrogens (tertiary/aromatic N) is 4. The van der Waals surface area contributed by atoms with Crippen molar-refractivity contribution in [3.8, 4) is 0 Å². The van der Waals surface area contributed by atoms with Gasteiger partial charge in [0.1, 0.15) is 11.6 Å². The highest BCUT2D eigenvalue weighted by molar-refractivity contribution is 7.89. The third kappa shape index (κ3) is 5.54. The molecular weight excluding hydrogens is 461 g/mol. The smallest absolute Gasteiger partial charge is 0.254 e. The summed E-state index contributed by atoms with van der Waals surface area (Å²) < 4.78 is 46.6. The zero-order valence-electron chi connectivity index (χ0n) is 19.2. The van der Waals surface area contributed by atoms with Crippen molar-refractivity contribution in [2.75, 3.05) is 63.9 Å². The second kappa shape index (κ2) is 10.8. The van der Waals surface area contributed by atoms with Crippen LogP contribution in [0, 0.1) is 5.82 Å². The number of ether oxygens (including phenoxy) is 1. The number of aromatic nitrogens is 1. The van der Waals surface area contributed by atoms with Crippen LogP contribution in [0.1, 0.15) is 22.8 Å². The highest BCUT2D eigenvalue weighted by Crippen LogP contribution is 2.21. The van der Waals surface area contributed by atoms with Crippen molar-refractivity contribution in [1.29, 1.82) is 0 Å². The lowest BCUT2D eigenvalue weighted by molar-refractivity contribution is 0.0730. The molecule has 34 heavy (non-hydrogen) atoms. The van der Waals surface area contributed by atoms with Crippen LogP contribution < -0.4 is 10.2 Å². The van der Waals surface area contributed by atoms with Crippen LogP contribution >= 0.6 is 0 Å². The zero-order valence-corrected chi connectivity index (χ0v) is 20.1. The second-order valence-corrected chi connectivity index (χ2v) is 10.2. The van der Waals surface area contributed by atoms with Crippen molar-refractivity contribution in [3.63, 3.8) is 0 Å². The van der Waals surface area contributed by atoms with Crippen LogP contribution in [0.3, 0.4) is 0 Å². The number of carbonyl (C=O) groups is 1. The quantitative estimate of drug-likeness (QED) is 0.624. The number of pyridine rings is 1. The standard InChI is InChI=1S/C23H30FN5O4S/c1-2-27-7-9-28(10-8-27)22-6-3-18(16-25-22)17-26-23(30)20-15-19(4-5-21(20)24)34(31,32)29-11-13-33-14-12-29/h3-6,15-16H,2,7-14,17H2,1H3,(H,26,30). The summed E-state index contributed by atoms with van der Waals surface area (Å²) in [6.45, 7) is 8.23. The first kappa shape index (κ1) is 24.5. The van der Waals surface area contributed by atoms with E-state index in [9.17, 15) is 17.6 Å². The molecule has 1 aromatic heterocycles. The molecule has 0 aliphatic carbocycles. The third-order valence-electron chi connectivity index (χ3n) is 6.20. The van der Waals surface area contributed by atoms with Gasteiger partial charge in [0.15, 0.2) is 0 Å². The number of likely N-dealkylation sites (N-methyl/N-ethyl adjacent to an activating group) is 1. The average molecular weight is 492 g/mol. The maximum absolute atomic E-state index is 14.4. The number of halogens is 1. The Hall–Kier alpha value is -2.60. The number of amides is 1. The Bertz CT molecular complexity index is 1100. The predicted octanol–water partition coefficient (Wildman–Crippen LogP) is 1.31. The molecule has 2 aliphatic heterocycles. The number of rotatable bonds is 7. The van der Waals surface area contributed by atoms with Gasteiger partial charge in [0.2, 0.25) is 10.0 Å². The number of piperazine rings is 1. The first-order valence-corrected chi connectivity index (χ1v) is 12.9. The molecule has 0 saturated carbocycles. The molecule has 3 heterocycles. The second-order valence-electron chi connectivity index (χ2n) is 8.29. The molecule has 2 aromatic rings. The number of sulfonamides is 1. The van der Waals surface area contributed by atoms with Gasteiger partial charge in [-0.1, -0.05) is 13.0 Å². The van der Waals surface area contributed by atoms with E-state index in [4.69, 9.17) is 4.74 Å². The highest BCUT2D eigenvalue weighted by Gasteiger charge is 2.28. The van der Waals surface area contributed by atoms with Gasteiger partial charge < -0.3 is 19.9 Å². The van der Waals surface area contributed by atoms with Crippen LogP contribution in [0.5, 0.6) is 0 Å². The SMILES string of the molecule is CCN1CCN(c2ccc(CNC(=O)c3cc(S(=O)(=O)N4CCOCC4)ccc3F)cn2)CC1. The van der Waals surface area contributed by atoms with E-state index in [2.05, 4.69) is 27.0 Å². The van der Waals surface area contributed by atoms with E-state index in [1.807, 2.05) is 12.1 Å². The van der Waals surface area contributed by atoms with Crippen molar-refractivity contribution >= 4 is 21.7 Å². The topological polar surface area (TPSA) is 95.1 Å². The van der Waals surface area contributed by atoms with Gasteiger partial charge in [0.05, 0.1) is 23.7 Å². The summed E-state index contributed by atoms with van der Waals surface area (Å²) in [6.07, 6.45) is 1.69. The summed E-state index contributed by atoms with van der Waals surface area (Å²) in [5.74, 6) is -0.577. The lowest BCUT2D eigenvalue weighted by atomic mass is 10.2. The minimum Gasteiger partial charge on any atom is -0.379 e. The van der Waals surface area contributed by atoms with Crippen molar-refractivity contribution in [2.24, 2.45) is 0 Å². The predicted molar refractivity (Wildman–Crippen MR) is 126 cm³/mol. The maximum atomic E-state index is 14.4. The molecular formula is C23H30FN5O4S. The van der Waals surface area contributed by atoms with Crippen LogP contribution in [-0.4, -0.2) is 87.5 Å². The van der Waals surface area contributed by atoms with Gasteiger partial charge in [-0.3, -0.25) is 4.79 Å². The van der Waals surface area contributed by atoms with Gasteiger partial charge in [-0.2, -0.15) is 4.31 Å². The molecule has 2 fully saturated rings. The first-order valence-electron chi connectivity index (χ1n) is 11.5. The Morgan fingerprint density at radius 3 is 2.47 bits per heavy atom. The van der Waals surface area contributed by atoms with E-state index in [-0.39, 0.29) is 30.1 Å². The van der Waals surface area contributed by atoms with Crippen molar-refractivity contribution in [1.82, 2.24) is 19.5 Å². The Morgan fingerprint density at radius 2 is 1.82 bits per heavy atom. The van der Waals surface area contributed by atoms with E-state index in [1.165, 1.54) is 10.4 Å². The molecule has 9 nitrogen and oxygen atoms in total. The molecule has 11 heteroatoms. The normalized spacial score (nSPS) is 18.1. The highest BCUT2D eigenvalue weighted by atomic mass is 32.2. The van der Waals surface area contributed by atoms with Crippen LogP contribution in [0.2, 0.25) is 0 Å². The summed E-state index contributed by atoms with van der Waals surface area (Å²) in [7, 11) is -3.83. The lowest BCUT2D eigenvalue weighted by Crippen LogP contribution is -2.46. The number of nitrogens with one attached hydrogen (secondary N) is 1. The molecule has 0 radical (unpaired) electrons. The summed E-state index contributed by atoms with van der Waals surface area (Å²) in [6, 6.07) is 7.08. The molecule has 1 aromatic carbocycles. The number of carbonyl (C=O) groups excluding carboxylic acids is 1. The monoisotopic (exact) mass is 491 g/mol. The van der Waals surface area contributed by atoms with Crippen LogP contribution in [-0.2, 0) is 21.3 Å². The van der Waals surface area contributed by atoms with Gasteiger partial charge in [0.25, 0.3) is 5.91 Å². The fraction of sp³-hybridized carbons (Fsp3) is 0.478. The molecule has 0 bridgehead atoms. The van der Waals surface area contributed by atoms with Crippen LogP contribution in [0.4, 0.5) is 10.2 Å². The van der Waals surface area contributed by atoms with Gasteiger partial charge in [-0.15, -0.1) is 0 Å². The fourth-order valence-electron chi connectivity index (χ4n) is 4.05. The van der Waals surface area contributed by atoms with E-state index in [0.717, 1.165) is 56.2 Å². The average Bonchev–Trinajstić information content (AvgIpc) is 2.88. The molecule has 0 unspecified atom stereocenters. The Morgan fingerprint density at radius 1 is 1.09 bits per heavy atom. The van der Waals surface area contributed by atoms with Crippen molar-refractivity contribution in [3.05, 3.63) is 53.5 Å². The molecule has 1 N–H and O–H groups in total. The van der Waals surface area contributed by atoms with Gasteiger partial charge >= 0.3 is 0 Å². The summed E-state index contributed by atoms with van der Waals surface area (Å²) in [4.78, 5) is 21.7. The Kier molecular flexibility index (Phi) is 7.77. The van der Waals surface area contributed by atoms with Crippen molar-refractivity contribution < 1.29 is 22.3 Å². The Labute approximate surface area is 199 Å². The molecule has 1 amide bonds. The molecule has 0 spiro atoms. The summed E-state index contributed by atoms with van der Waals surface area (Å²) in [5, 5.41) is 2.66. The van der Waals surface area contributed by atoms with Crippen LogP contribution in [0.25, 0.3) is 0 Å². The fourth-order valence-corrected chi connectivity index (χ4v) is 5.49. The van der Waals surface area contributed by atoms with Gasteiger partial charge in [-0.25, -0.2) is 17.8 Å². The molecule has 4 rings (SSSR count). The maximum Gasteiger partial charge on any atom is 0.254 e. The lowest BCUT2D eigenvalue weighted by Gasteiger charge is -2.34. The zero-order chi connectivity index (χ0) is 24.1. The molecule has 2 saturated heterocycles. The largest absolute Gasteiger partial charge is 0.379 e. The third-order valence-corrected chi connectivity index (χ3v) is 8.09.